The second kappa shape index (κ2) is 2.95. The van der Waals surface area contributed by atoms with E-state index < -0.39 is 8.80 Å². The van der Waals surface area contributed by atoms with Crippen LogP contribution < -0.4 is 0 Å². The molecular formula is C4H14NO4Si+. The lowest BCUT2D eigenvalue weighted by Crippen LogP contribution is -2.56. The van der Waals surface area contributed by atoms with Crippen LogP contribution in [0.25, 0.3) is 0 Å². The standard InChI is InChI=1S/C4H14NO4Si/c1-5(2,3-6)4-10(7,8)9/h6-9H,3-4H2,1-2H3/q+1. The molecule has 0 atom stereocenters. The highest BCUT2D eigenvalue weighted by molar-refractivity contribution is 6.55. The summed E-state index contributed by atoms with van der Waals surface area (Å²) in [5.41, 5.74) is 0. The second-order valence-electron chi connectivity index (χ2n) is 3.01. The van der Waals surface area contributed by atoms with Crippen LogP contribution in [0.5, 0.6) is 0 Å². The second-order valence-corrected chi connectivity index (χ2v) is 4.87. The van der Waals surface area contributed by atoms with E-state index in [1.54, 1.807) is 14.1 Å². The van der Waals surface area contributed by atoms with Crippen molar-refractivity contribution in [2.45, 2.75) is 0 Å². The van der Waals surface area contributed by atoms with E-state index in [1.807, 2.05) is 0 Å². The van der Waals surface area contributed by atoms with Gasteiger partial charge in [0.25, 0.3) is 0 Å². The summed E-state index contributed by atoms with van der Waals surface area (Å²) >= 11 is 0. The quantitative estimate of drug-likeness (QED) is 0.213. The minimum Gasteiger partial charge on any atom is -0.387 e. The first kappa shape index (κ1) is 10.0. The van der Waals surface area contributed by atoms with Gasteiger partial charge in [0.15, 0.2) is 12.9 Å². The van der Waals surface area contributed by atoms with Gasteiger partial charge in [0.05, 0.1) is 14.1 Å². The molecule has 0 heterocycles. The molecule has 6 heteroatoms. The van der Waals surface area contributed by atoms with Gasteiger partial charge in [-0.25, -0.2) is 0 Å². The van der Waals surface area contributed by atoms with Crippen LogP contribution in [0.4, 0.5) is 0 Å². The molecule has 0 saturated carbocycles. The average molecular weight is 168 g/mol. The lowest BCUT2D eigenvalue weighted by molar-refractivity contribution is -0.901. The molecule has 0 aliphatic heterocycles. The van der Waals surface area contributed by atoms with Crippen LogP contribution in [0.3, 0.4) is 0 Å². The van der Waals surface area contributed by atoms with E-state index in [9.17, 15) is 0 Å². The van der Waals surface area contributed by atoms with Gasteiger partial charge in [-0.15, -0.1) is 0 Å². The van der Waals surface area contributed by atoms with Crippen molar-refractivity contribution in [2.75, 3.05) is 27.0 Å². The lowest BCUT2D eigenvalue weighted by atomic mass is 10.7. The highest BCUT2D eigenvalue weighted by Gasteiger charge is 2.36. The van der Waals surface area contributed by atoms with Crippen molar-refractivity contribution in [2.24, 2.45) is 0 Å². The largest absolute Gasteiger partial charge is 0.551 e. The van der Waals surface area contributed by atoms with E-state index in [0.29, 0.717) is 0 Å². The molecule has 0 aliphatic rings. The molecule has 0 aliphatic carbocycles. The number of aliphatic hydroxyl groups excluding tert-OH is 1. The molecule has 62 valence electrons. The van der Waals surface area contributed by atoms with Crippen molar-refractivity contribution in [3.63, 3.8) is 0 Å². The topological polar surface area (TPSA) is 80.9 Å². The van der Waals surface area contributed by atoms with Crippen LogP contribution in [0, 0.1) is 0 Å². The van der Waals surface area contributed by atoms with Gasteiger partial charge in [-0.3, -0.25) is 0 Å². The minimum absolute atomic E-state index is 0.00424. The van der Waals surface area contributed by atoms with E-state index in [2.05, 4.69) is 0 Å². The molecule has 0 spiro atoms. The van der Waals surface area contributed by atoms with E-state index in [4.69, 9.17) is 19.5 Å². The van der Waals surface area contributed by atoms with Gasteiger partial charge in [0.2, 0.25) is 0 Å². The van der Waals surface area contributed by atoms with Crippen LogP contribution in [-0.2, 0) is 0 Å². The summed E-state index contributed by atoms with van der Waals surface area (Å²) in [6.45, 7) is -0.226. The molecule has 0 aromatic heterocycles. The Kier molecular flexibility index (Phi) is 2.95. The normalized spacial score (nSPS) is 13.8. The first-order valence-electron chi connectivity index (χ1n) is 2.87. The van der Waals surface area contributed by atoms with E-state index in [1.165, 1.54) is 0 Å². The molecule has 0 radical (unpaired) electrons. The Labute approximate surface area is 60.7 Å². The van der Waals surface area contributed by atoms with Gasteiger partial charge in [-0.1, -0.05) is 0 Å². The van der Waals surface area contributed by atoms with Crippen LogP contribution >= 0.6 is 0 Å². The molecule has 0 amide bonds. The number of nitrogens with zero attached hydrogens (tertiary/aromatic N) is 1. The van der Waals surface area contributed by atoms with Gasteiger partial charge in [-0.2, -0.15) is 0 Å². The zero-order valence-corrected chi connectivity index (χ0v) is 7.15. The van der Waals surface area contributed by atoms with Gasteiger partial charge >= 0.3 is 8.80 Å². The fraction of sp³-hybridized carbons (Fsp3) is 1.00. The molecule has 0 aromatic rings. The average Bonchev–Trinajstić information content (AvgIpc) is 1.60. The van der Waals surface area contributed by atoms with Crippen molar-refractivity contribution in [3.05, 3.63) is 0 Å². The van der Waals surface area contributed by atoms with Gasteiger partial charge in [0.1, 0.15) is 0 Å². The zero-order chi connectivity index (χ0) is 8.41. The first-order valence-corrected chi connectivity index (χ1v) is 4.92. The maximum absolute atomic E-state index is 8.62. The number of aliphatic hydroxyl groups is 1. The zero-order valence-electron chi connectivity index (χ0n) is 6.15. The van der Waals surface area contributed by atoms with E-state index >= 15 is 0 Å². The smallest absolute Gasteiger partial charge is 0.387 e. The van der Waals surface area contributed by atoms with Gasteiger partial charge in [-0.05, 0) is 0 Å². The number of hydrogen-bond donors (Lipinski definition) is 4. The van der Waals surface area contributed by atoms with Crippen LogP contribution in [0.15, 0.2) is 0 Å². The fourth-order valence-electron chi connectivity index (χ4n) is 0.624. The third-order valence-corrected chi connectivity index (χ3v) is 2.30. The maximum atomic E-state index is 8.62. The molecule has 5 nitrogen and oxygen atoms in total. The molecule has 0 fully saturated rings. The summed E-state index contributed by atoms with van der Waals surface area (Å²) < 4.78 is -0.00424. The molecule has 0 unspecified atom stereocenters. The molecule has 0 bridgehead atoms. The van der Waals surface area contributed by atoms with E-state index in [0.717, 1.165) is 0 Å². The van der Waals surface area contributed by atoms with Crippen molar-refractivity contribution in [3.8, 4) is 0 Å². The fourth-order valence-corrected chi connectivity index (χ4v) is 1.87. The minimum atomic E-state index is -4.00. The third-order valence-electron chi connectivity index (χ3n) is 1.02. The summed E-state index contributed by atoms with van der Waals surface area (Å²) in [5, 5.41) is 8.62. The van der Waals surface area contributed by atoms with Crippen molar-refractivity contribution in [1.82, 2.24) is 0 Å². The SMILES string of the molecule is C[N+](C)(CO)C[Si](O)(O)O. The van der Waals surface area contributed by atoms with Gasteiger partial charge in [0, 0.05) is 0 Å². The summed E-state index contributed by atoms with van der Waals surface area (Å²) in [7, 11) is -0.826. The monoisotopic (exact) mass is 168 g/mol. The molecule has 10 heavy (non-hydrogen) atoms. The maximum Gasteiger partial charge on any atom is 0.551 e. The third kappa shape index (κ3) is 4.85. The summed E-state index contributed by atoms with van der Waals surface area (Å²) in [4.78, 5) is 25.8. The van der Waals surface area contributed by atoms with Crippen molar-refractivity contribution < 1.29 is 24.0 Å². The molecular weight excluding hydrogens is 154 g/mol. The van der Waals surface area contributed by atoms with Crippen LogP contribution in [0.2, 0.25) is 0 Å². The summed E-state index contributed by atoms with van der Waals surface area (Å²) in [6.07, 6.45) is -0.191. The van der Waals surface area contributed by atoms with Crippen molar-refractivity contribution in [1.29, 1.82) is 0 Å². The highest BCUT2D eigenvalue weighted by Crippen LogP contribution is 1.98. The Morgan fingerprint density at radius 2 is 1.60 bits per heavy atom. The van der Waals surface area contributed by atoms with Crippen LogP contribution in [-0.4, -0.2) is 59.8 Å². The van der Waals surface area contributed by atoms with Gasteiger partial charge < -0.3 is 24.0 Å². The van der Waals surface area contributed by atoms with Crippen LogP contribution in [0.1, 0.15) is 0 Å². The summed E-state index contributed by atoms with van der Waals surface area (Å²) in [6, 6.07) is 0. The predicted molar refractivity (Wildman–Crippen MR) is 36.5 cm³/mol. The Morgan fingerprint density at radius 1 is 1.20 bits per heavy atom. The number of quaternary nitrogens is 1. The van der Waals surface area contributed by atoms with Crippen molar-refractivity contribution >= 4 is 8.80 Å². The predicted octanol–water partition coefficient (Wildman–Crippen LogP) is -2.53. The molecule has 0 rings (SSSR count). The number of hydrogen-bond acceptors (Lipinski definition) is 4. The molecule has 4 N–H and O–H groups in total. The van der Waals surface area contributed by atoms with E-state index in [-0.39, 0.29) is 17.4 Å². The molecule has 0 aromatic carbocycles. The first-order chi connectivity index (χ1) is 4.27. The molecule has 0 saturated heterocycles. The Morgan fingerprint density at radius 3 is 1.70 bits per heavy atom. The Hall–Kier alpha value is 0.0169. The Bertz CT molecular complexity index is 110. The summed E-state index contributed by atoms with van der Waals surface area (Å²) in [5.74, 6) is 0. The Balaban J connectivity index is 3.89. The highest BCUT2D eigenvalue weighted by atomic mass is 28.4. The lowest BCUT2D eigenvalue weighted by Gasteiger charge is -2.28. The number of rotatable bonds is 3.